The normalized spacial score (nSPS) is 16.8. The third-order valence-corrected chi connectivity index (χ3v) is 4.45. The van der Waals surface area contributed by atoms with Gasteiger partial charge in [0, 0.05) is 0 Å². The molecule has 0 heterocycles. The largest absolute Gasteiger partial charge is 0.114 e. The Kier molecular flexibility index (Phi) is 2.50. The van der Waals surface area contributed by atoms with E-state index in [0.717, 1.165) is 17.3 Å². The topological polar surface area (TPSA) is 0 Å². The van der Waals surface area contributed by atoms with Crippen molar-refractivity contribution in [2.45, 2.75) is 19.3 Å². The van der Waals surface area contributed by atoms with Gasteiger partial charge in [-0.1, -0.05) is 67.0 Å². The molecule has 0 bridgehead atoms. The van der Waals surface area contributed by atoms with E-state index in [1.54, 1.807) is 0 Å². The third-order valence-electron chi connectivity index (χ3n) is 4.45. The number of hydrogen-bond donors (Lipinski definition) is 0. The lowest BCUT2D eigenvalue weighted by molar-refractivity contribution is 0.751. The first kappa shape index (κ1) is 11.8. The smallest absolute Gasteiger partial charge is 0.0887 e. The van der Waals surface area contributed by atoms with Crippen molar-refractivity contribution in [3.8, 4) is 11.1 Å². The SMILES string of the molecule is [B]c1cc2c(c3ccccc13)-c1ccccc1CC2C. The van der Waals surface area contributed by atoms with E-state index < -0.39 is 0 Å². The van der Waals surface area contributed by atoms with E-state index in [1.807, 2.05) is 0 Å². The highest BCUT2D eigenvalue weighted by Crippen LogP contribution is 2.42. The Morgan fingerprint density at radius 2 is 1.65 bits per heavy atom. The molecule has 1 aliphatic rings. The van der Waals surface area contributed by atoms with E-state index in [0.29, 0.717) is 5.92 Å². The minimum Gasteiger partial charge on any atom is -0.0887 e. The second-order valence-corrected chi connectivity index (χ2v) is 5.74. The number of benzene rings is 3. The van der Waals surface area contributed by atoms with Gasteiger partial charge in [0.25, 0.3) is 0 Å². The van der Waals surface area contributed by atoms with Crippen LogP contribution < -0.4 is 5.46 Å². The van der Waals surface area contributed by atoms with Crippen molar-refractivity contribution in [3.05, 3.63) is 65.7 Å². The summed E-state index contributed by atoms with van der Waals surface area (Å²) in [5.41, 5.74) is 6.48. The molecule has 1 unspecified atom stereocenters. The zero-order chi connectivity index (χ0) is 13.7. The zero-order valence-electron chi connectivity index (χ0n) is 11.6. The summed E-state index contributed by atoms with van der Waals surface area (Å²) in [5, 5.41) is 2.44. The van der Waals surface area contributed by atoms with Gasteiger partial charge in [-0.15, -0.1) is 0 Å². The van der Waals surface area contributed by atoms with E-state index in [1.165, 1.54) is 27.6 Å². The Balaban J connectivity index is 2.19. The maximum absolute atomic E-state index is 6.26. The van der Waals surface area contributed by atoms with E-state index in [4.69, 9.17) is 7.85 Å². The molecule has 2 radical (unpaired) electrons. The number of hydrogen-bond acceptors (Lipinski definition) is 0. The minimum absolute atomic E-state index is 0.520. The molecule has 0 nitrogen and oxygen atoms in total. The molecule has 94 valence electrons. The average Bonchev–Trinajstić information content (AvgIpc) is 2.48. The summed E-state index contributed by atoms with van der Waals surface area (Å²) >= 11 is 0. The van der Waals surface area contributed by atoms with Gasteiger partial charge in [-0.3, -0.25) is 0 Å². The van der Waals surface area contributed by atoms with Crippen LogP contribution in [0.25, 0.3) is 21.9 Å². The van der Waals surface area contributed by atoms with Crippen LogP contribution in [-0.4, -0.2) is 7.85 Å². The van der Waals surface area contributed by atoms with Crippen molar-refractivity contribution >= 4 is 24.1 Å². The van der Waals surface area contributed by atoms with Gasteiger partial charge in [-0.05, 0) is 45.4 Å². The van der Waals surface area contributed by atoms with Crippen LogP contribution in [0.4, 0.5) is 0 Å². The summed E-state index contributed by atoms with van der Waals surface area (Å²) in [7, 11) is 6.26. The lowest BCUT2D eigenvalue weighted by Crippen LogP contribution is -2.14. The first-order valence-electron chi connectivity index (χ1n) is 7.15. The molecule has 4 rings (SSSR count). The Labute approximate surface area is 120 Å². The monoisotopic (exact) mass is 254 g/mol. The lowest BCUT2D eigenvalue weighted by atomic mass is 9.74. The molecule has 3 aromatic carbocycles. The second-order valence-electron chi connectivity index (χ2n) is 5.74. The Morgan fingerprint density at radius 1 is 0.950 bits per heavy atom. The molecule has 20 heavy (non-hydrogen) atoms. The van der Waals surface area contributed by atoms with Gasteiger partial charge >= 0.3 is 0 Å². The molecule has 0 aromatic heterocycles. The molecule has 0 N–H and O–H groups in total. The van der Waals surface area contributed by atoms with Crippen LogP contribution in [0.5, 0.6) is 0 Å². The van der Waals surface area contributed by atoms with Crippen LogP contribution in [-0.2, 0) is 6.42 Å². The summed E-state index contributed by atoms with van der Waals surface area (Å²) in [6, 6.07) is 19.4. The third kappa shape index (κ3) is 1.56. The average molecular weight is 254 g/mol. The van der Waals surface area contributed by atoms with E-state index in [-0.39, 0.29) is 0 Å². The molecule has 3 aromatic rings. The van der Waals surface area contributed by atoms with Crippen molar-refractivity contribution in [2.24, 2.45) is 0 Å². The molecule has 0 saturated carbocycles. The fraction of sp³-hybridized carbons (Fsp3) is 0.158. The summed E-state index contributed by atoms with van der Waals surface area (Å²) in [6.07, 6.45) is 1.10. The van der Waals surface area contributed by atoms with Crippen molar-refractivity contribution in [2.75, 3.05) is 0 Å². The maximum atomic E-state index is 6.26. The van der Waals surface area contributed by atoms with E-state index in [9.17, 15) is 0 Å². The van der Waals surface area contributed by atoms with Crippen LogP contribution in [0.15, 0.2) is 54.6 Å². The standard InChI is InChI=1S/C19H15B/c1-12-10-13-6-2-3-7-14(13)19-16-9-5-4-8-15(16)18(20)11-17(12)19/h2-9,11-12H,10H2,1H3. The van der Waals surface area contributed by atoms with Crippen LogP contribution in [0.1, 0.15) is 24.0 Å². The van der Waals surface area contributed by atoms with Crippen molar-refractivity contribution in [1.29, 1.82) is 0 Å². The van der Waals surface area contributed by atoms with Gasteiger partial charge < -0.3 is 0 Å². The highest BCUT2D eigenvalue weighted by Gasteiger charge is 2.23. The second kappa shape index (κ2) is 4.24. The molecule has 1 atom stereocenters. The lowest BCUT2D eigenvalue weighted by Gasteiger charge is -2.27. The molecular formula is C19H15B. The fourth-order valence-corrected chi connectivity index (χ4v) is 3.50. The van der Waals surface area contributed by atoms with Gasteiger partial charge in [0.15, 0.2) is 0 Å². The number of rotatable bonds is 0. The van der Waals surface area contributed by atoms with Gasteiger partial charge in [0.2, 0.25) is 0 Å². The first-order chi connectivity index (χ1) is 9.75. The molecule has 1 aliphatic carbocycles. The minimum atomic E-state index is 0.520. The molecule has 1 heteroatoms. The van der Waals surface area contributed by atoms with Gasteiger partial charge in [0.1, 0.15) is 7.85 Å². The number of fused-ring (bicyclic) bond motifs is 5. The molecular weight excluding hydrogens is 239 g/mol. The Bertz CT molecular complexity index is 817. The quantitative estimate of drug-likeness (QED) is 0.533. The van der Waals surface area contributed by atoms with Crippen LogP contribution in [0, 0.1) is 0 Å². The van der Waals surface area contributed by atoms with Crippen molar-refractivity contribution in [3.63, 3.8) is 0 Å². The summed E-state index contributed by atoms with van der Waals surface area (Å²) < 4.78 is 0. The Hall–Kier alpha value is -2.02. The van der Waals surface area contributed by atoms with Crippen LogP contribution in [0.2, 0.25) is 0 Å². The van der Waals surface area contributed by atoms with Gasteiger partial charge in [0.05, 0.1) is 0 Å². The van der Waals surface area contributed by atoms with Crippen molar-refractivity contribution < 1.29 is 0 Å². The van der Waals surface area contributed by atoms with E-state index in [2.05, 4.69) is 61.5 Å². The molecule has 0 amide bonds. The van der Waals surface area contributed by atoms with Gasteiger partial charge in [-0.2, -0.15) is 0 Å². The van der Waals surface area contributed by atoms with Gasteiger partial charge in [-0.25, -0.2) is 0 Å². The highest BCUT2D eigenvalue weighted by atomic mass is 14.3. The molecule has 0 aliphatic heterocycles. The first-order valence-corrected chi connectivity index (χ1v) is 7.15. The zero-order valence-corrected chi connectivity index (χ0v) is 11.6. The summed E-state index contributed by atoms with van der Waals surface area (Å²) in [5.74, 6) is 0.520. The predicted octanol–water partition coefficient (Wildman–Crippen LogP) is 3.96. The maximum Gasteiger partial charge on any atom is 0.114 e. The summed E-state index contributed by atoms with van der Waals surface area (Å²) in [4.78, 5) is 0. The summed E-state index contributed by atoms with van der Waals surface area (Å²) in [6.45, 7) is 2.29. The highest BCUT2D eigenvalue weighted by molar-refractivity contribution is 6.39. The molecule has 0 spiro atoms. The van der Waals surface area contributed by atoms with Crippen LogP contribution >= 0.6 is 0 Å². The Morgan fingerprint density at radius 3 is 2.50 bits per heavy atom. The van der Waals surface area contributed by atoms with Crippen LogP contribution in [0.3, 0.4) is 0 Å². The molecule has 0 fully saturated rings. The molecule has 0 saturated heterocycles. The predicted molar refractivity (Wildman–Crippen MR) is 86.9 cm³/mol. The fourth-order valence-electron chi connectivity index (χ4n) is 3.50. The van der Waals surface area contributed by atoms with Crippen molar-refractivity contribution in [1.82, 2.24) is 0 Å². The van der Waals surface area contributed by atoms with E-state index >= 15 is 0 Å².